The van der Waals surface area contributed by atoms with Gasteiger partial charge in [0.25, 0.3) is 0 Å². The van der Waals surface area contributed by atoms with Gasteiger partial charge in [0.1, 0.15) is 6.04 Å². The third-order valence-corrected chi connectivity index (χ3v) is 8.28. The second-order valence-corrected chi connectivity index (χ2v) is 13.3. The number of nitrogens with zero attached hydrogens (tertiary/aromatic N) is 2. The number of hydrogen-bond acceptors (Lipinski definition) is 4. The van der Waals surface area contributed by atoms with Gasteiger partial charge in [-0.05, 0) is 53.8 Å². The Morgan fingerprint density at radius 1 is 0.932 bits per heavy atom. The maximum Gasteiger partial charge on any atom is 0.416 e. The number of sulfonamides is 1. The van der Waals surface area contributed by atoms with Crippen molar-refractivity contribution >= 4 is 39.1 Å². The Kier molecular flexibility index (Phi) is 12.2. The van der Waals surface area contributed by atoms with Gasteiger partial charge in [-0.1, -0.05) is 74.0 Å². The molecule has 1 N–H and O–H groups in total. The van der Waals surface area contributed by atoms with Gasteiger partial charge in [-0.25, -0.2) is 8.42 Å². The normalized spacial score (nSPS) is 12.5. The predicted octanol–water partition coefficient (Wildman–Crippen LogP) is 6.32. The van der Waals surface area contributed by atoms with Crippen molar-refractivity contribution in [1.82, 2.24) is 10.2 Å². The second kappa shape index (κ2) is 15.4. The number of anilines is 1. The van der Waals surface area contributed by atoms with Crippen molar-refractivity contribution < 1.29 is 31.2 Å². The number of halogens is 4. The molecule has 2 amide bonds. The second-order valence-electron chi connectivity index (χ2n) is 11.0. The molecule has 0 bridgehead atoms. The van der Waals surface area contributed by atoms with Crippen molar-refractivity contribution in [1.29, 1.82) is 0 Å². The molecular weight excluding hydrogens is 615 g/mol. The zero-order valence-electron chi connectivity index (χ0n) is 24.9. The van der Waals surface area contributed by atoms with Gasteiger partial charge >= 0.3 is 6.18 Å². The van der Waals surface area contributed by atoms with Crippen LogP contribution in [-0.4, -0.2) is 50.5 Å². The summed E-state index contributed by atoms with van der Waals surface area (Å²) in [6.07, 6.45) is -3.66. The lowest BCUT2D eigenvalue weighted by molar-refractivity contribution is -0.141. The number of rotatable bonds is 14. The zero-order valence-corrected chi connectivity index (χ0v) is 26.4. The minimum atomic E-state index is -4.65. The van der Waals surface area contributed by atoms with Crippen LogP contribution in [0.5, 0.6) is 0 Å². The monoisotopic (exact) mass is 651 g/mol. The van der Waals surface area contributed by atoms with Crippen LogP contribution in [0.3, 0.4) is 0 Å². The van der Waals surface area contributed by atoms with E-state index >= 15 is 0 Å². The number of alkyl halides is 3. The fourth-order valence-corrected chi connectivity index (χ4v) is 5.69. The average Bonchev–Trinajstić information content (AvgIpc) is 2.96. The van der Waals surface area contributed by atoms with Gasteiger partial charge in [0.2, 0.25) is 21.8 Å². The van der Waals surface area contributed by atoms with Crippen LogP contribution in [0.4, 0.5) is 18.9 Å². The molecule has 0 fully saturated rings. The highest BCUT2D eigenvalue weighted by Gasteiger charge is 2.33. The summed E-state index contributed by atoms with van der Waals surface area (Å²) in [7, 11) is -3.97. The van der Waals surface area contributed by atoms with Gasteiger partial charge in [0.05, 0.1) is 17.5 Å². The molecule has 3 rings (SSSR count). The highest BCUT2D eigenvalue weighted by atomic mass is 35.5. The third kappa shape index (κ3) is 10.6. The molecule has 3 aromatic rings. The molecule has 0 radical (unpaired) electrons. The number of hydrogen-bond donors (Lipinski definition) is 1. The lowest BCUT2D eigenvalue weighted by Crippen LogP contribution is -2.51. The molecule has 7 nitrogen and oxygen atoms in total. The van der Waals surface area contributed by atoms with E-state index < -0.39 is 33.7 Å². The standard InChI is InChI=1S/C32H37ClF3N3O4S/c1-23(2)21-37-31(41)29(19-24-9-5-4-6-10-24)38(22-25-14-16-27(33)17-15-25)30(40)13-8-18-39(44(3,42)43)28-12-7-11-26(20-28)32(34,35)36/h4-7,9-12,14-17,20,23,29H,8,13,18-19,21-22H2,1-3H3,(H,37,41)/t29-/m1/s1. The Morgan fingerprint density at radius 3 is 2.18 bits per heavy atom. The lowest BCUT2D eigenvalue weighted by atomic mass is 10.0. The molecule has 0 aromatic heterocycles. The summed E-state index contributed by atoms with van der Waals surface area (Å²) >= 11 is 6.06. The van der Waals surface area contributed by atoms with Crippen LogP contribution >= 0.6 is 11.6 Å². The van der Waals surface area contributed by atoms with Crippen molar-refractivity contribution in [2.24, 2.45) is 5.92 Å². The molecule has 0 spiro atoms. The summed E-state index contributed by atoms with van der Waals surface area (Å²) in [6, 6.07) is 19.3. The number of nitrogens with one attached hydrogen (secondary N) is 1. The van der Waals surface area contributed by atoms with Crippen molar-refractivity contribution in [3.05, 3.63) is 101 Å². The van der Waals surface area contributed by atoms with Gasteiger partial charge in [0, 0.05) is 37.5 Å². The van der Waals surface area contributed by atoms with Gasteiger partial charge in [-0.15, -0.1) is 0 Å². The summed E-state index contributed by atoms with van der Waals surface area (Å²) in [5.41, 5.74) is 0.450. The van der Waals surface area contributed by atoms with Crippen molar-refractivity contribution in [2.75, 3.05) is 23.7 Å². The Morgan fingerprint density at radius 2 is 1.59 bits per heavy atom. The Hall–Kier alpha value is -3.57. The topological polar surface area (TPSA) is 86.8 Å². The first-order valence-electron chi connectivity index (χ1n) is 14.2. The van der Waals surface area contributed by atoms with Crippen LogP contribution in [0.25, 0.3) is 0 Å². The first-order chi connectivity index (χ1) is 20.6. The third-order valence-electron chi connectivity index (χ3n) is 6.84. The van der Waals surface area contributed by atoms with Crippen LogP contribution in [0.15, 0.2) is 78.9 Å². The van der Waals surface area contributed by atoms with Gasteiger partial charge in [-0.2, -0.15) is 13.2 Å². The van der Waals surface area contributed by atoms with Crippen LogP contribution < -0.4 is 9.62 Å². The van der Waals surface area contributed by atoms with E-state index in [1.165, 1.54) is 11.0 Å². The maximum absolute atomic E-state index is 13.8. The maximum atomic E-state index is 13.8. The molecule has 0 saturated heterocycles. The van der Waals surface area contributed by atoms with Crippen LogP contribution in [0.1, 0.15) is 43.4 Å². The molecule has 3 aromatic carbocycles. The fourth-order valence-electron chi connectivity index (χ4n) is 4.60. The van der Waals surface area contributed by atoms with E-state index in [1.807, 2.05) is 44.2 Å². The predicted molar refractivity (Wildman–Crippen MR) is 167 cm³/mol. The molecule has 0 saturated carbocycles. The van der Waals surface area contributed by atoms with E-state index in [9.17, 15) is 31.2 Å². The molecule has 238 valence electrons. The van der Waals surface area contributed by atoms with Gasteiger partial charge < -0.3 is 10.2 Å². The molecule has 0 aliphatic carbocycles. The summed E-state index contributed by atoms with van der Waals surface area (Å²) in [6.45, 7) is 4.19. The summed E-state index contributed by atoms with van der Waals surface area (Å²) in [5, 5.41) is 3.44. The van der Waals surface area contributed by atoms with Crippen LogP contribution in [-0.2, 0) is 38.8 Å². The molecule has 0 aliphatic rings. The molecule has 44 heavy (non-hydrogen) atoms. The van der Waals surface area contributed by atoms with Crippen molar-refractivity contribution in [3.63, 3.8) is 0 Å². The number of carbonyl (C=O) groups excluding carboxylic acids is 2. The average molecular weight is 652 g/mol. The van der Waals surface area contributed by atoms with Gasteiger partial charge in [-0.3, -0.25) is 13.9 Å². The summed E-state index contributed by atoms with van der Waals surface area (Å²) in [4.78, 5) is 28.9. The van der Waals surface area contributed by atoms with E-state index in [-0.39, 0.29) is 49.9 Å². The number of carbonyl (C=O) groups is 2. The Balaban J connectivity index is 1.89. The minimum absolute atomic E-state index is 0.00490. The van der Waals surface area contributed by atoms with E-state index in [4.69, 9.17) is 11.6 Å². The smallest absolute Gasteiger partial charge is 0.354 e. The number of amides is 2. The van der Waals surface area contributed by atoms with Gasteiger partial charge in [0.15, 0.2) is 0 Å². The quantitative estimate of drug-likeness (QED) is 0.221. The van der Waals surface area contributed by atoms with E-state index in [2.05, 4.69) is 5.32 Å². The highest BCUT2D eigenvalue weighted by molar-refractivity contribution is 7.92. The fraction of sp³-hybridized carbons (Fsp3) is 0.375. The summed E-state index contributed by atoms with van der Waals surface area (Å²) in [5.74, 6) is -0.556. The Labute approximate surface area is 262 Å². The zero-order chi connectivity index (χ0) is 32.5. The Bertz CT molecular complexity index is 1500. The molecule has 0 aliphatic heterocycles. The highest BCUT2D eigenvalue weighted by Crippen LogP contribution is 2.32. The largest absolute Gasteiger partial charge is 0.416 e. The van der Waals surface area contributed by atoms with E-state index in [1.54, 1.807) is 24.3 Å². The van der Waals surface area contributed by atoms with Crippen molar-refractivity contribution in [2.45, 2.75) is 51.9 Å². The lowest BCUT2D eigenvalue weighted by Gasteiger charge is -2.32. The first kappa shape index (κ1) is 34.9. The first-order valence-corrected chi connectivity index (χ1v) is 16.4. The molecule has 0 unspecified atom stereocenters. The molecule has 1 atom stereocenters. The SMILES string of the molecule is CC(C)CNC(=O)[C@@H](Cc1ccccc1)N(Cc1ccc(Cl)cc1)C(=O)CCCN(c1cccc(C(F)(F)F)c1)S(C)(=O)=O. The molecular formula is C32H37ClF3N3O4S. The van der Waals surface area contributed by atoms with Crippen molar-refractivity contribution in [3.8, 4) is 0 Å². The molecule has 12 heteroatoms. The minimum Gasteiger partial charge on any atom is -0.354 e. The van der Waals surface area contributed by atoms with Crippen LogP contribution in [0, 0.1) is 5.92 Å². The number of benzene rings is 3. The molecule has 0 heterocycles. The summed E-state index contributed by atoms with van der Waals surface area (Å²) < 4.78 is 66.0. The van der Waals surface area contributed by atoms with Crippen LogP contribution in [0.2, 0.25) is 5.02 Å². The van der Waals surface area contributed by atoms with E-state index in [0.29, 0.717) is 11.6 Å². The van der Waals surface area contributed by atoms with E-state index in [0.717, 1.165) is 39.9 Å².